The van der Waals surface area contributed by atoms with Crippen LogP contribution in [0.25, 0.3) is 5.78 Å². The summed E-state index contributed by atoms with van der Waals surface area (Å²) < 4.78 is 44.8. The van der Waals surface area contributed by atoms with Gasteiger partial charge in [0.15, 0.2) is 0 Å². The van der Waals surface area contributed by atoms with Gasteiger partial charge in [-0.3, -0.25) is 4.79 Å². The number of hydrogen-bond acceptors (Lipinski definition) is 4. The summed E-state index contributed by atoms with van der Waals surface area (Å²) in [6.07, 6.45) is 2.69. The van der Waals surface area contributed by atoms with E-state index in [9.17, 15) is 18.0 Å². The van der Waals surface area contributed by atoms with E-state index in [4.69, 9.17) is 0 Å². The minimum atomic E-state index is -3.05. The molecule has 1 aliphatic heterocycles. The molecule has 2 aromatic heterocycles. The fourth-order valence-corrected chi connectivity index (χ4v) is 4.27. The van der Waals surface area contributed by atoms with Crippen LogP contribution in [-0.4, -0.2) is 49.4 Å². The lowest BCUT2D eigenvalue weighted by Crippen LogP contribution is -2.49. The Labute approximate surface area is 170 Å². The molecule has 0 radical (unpaired) electrons. The van der Waals surface area contributed by atoms with E-state index in [0.29, 0.717) is 22.7 Å². The quantitative estimate of drug-likeness (QED) is 0.654. The molecule has 2 fully saturated rings. The van der Waals surface area contributed by atoms with Crippen LogP contribution >= 0.6 is 0 Å². The third kappa shape index (κ3) is 3.42. The summed E-state index contributed by atoms with van der Waals surface area (Å²) in [5.74, 6) is -4.09. The number of rotatable bonds is 3. The molecular formula is C21H20F3N5O. The highest BCUT2D eigenvalue weighted by Crippen LogP contribution is 2.42. The van der Waals surface area contributed by atoms with Crippen LogP contribution in [0.5, 0.6) is 0 Å². The molecule has 1 atom stereocenters. The predicted octanol–water partition coefficient (Wildman–Crippen LogP) is 3.71. The number of halogens is 3. The lowest BCUT2D eigenvalue weighted by atomic mass is 9.91. The summed E-state index contributed by atoms with van der Waals surface area (Å²) in [6, 6.07) is 5.85. The van der Waals surface area contributed by atoms with E-state index in [-0.39, 0.29) is 23.8 Å². The first-order chi connectivity index (χ1) is 14.3. The molecule has 3 heterocycles. The van der Waals surface area contributed by atoms with Crippen LogP contribution in [0.15, 0.2) is 30.6 Å². The zero-order chi connectivity index (χ0) is 21.0. The molecule has 1 amide bonds. The van der Waals surface area contributed by atoms with E-state index in [1.54, 1.807) is 13.0 Å². The Bertz CT molecular complexity index is 1140. The minimum absolute atomic E-state index is 0.114. The average Bonchev–Trinajstić information content (AvgIpc) is 3.43. The van der Waals surface area contributed by atoms with Crippen LogP contribution in [0.4, 0.5) is 13.2 Å². The largest absolute Gasteiger partial charge is 0.332 e. The van der Waals surface area contributed by atoms with Gasteiger partial charge in [-0.15, -0.1) is 0 Å². The van der Waals surface area contributed by atoms with E-state index in [1.165, 1.54) is 29.0 Å². The van der Waals surface area contributed by atoms with Gasteiger partial charge in [0.05, 0.1) is 12.2 Å². The van der Waals surface area contributed by atoms with Gasteiger partial charge < -0.3 is 4.90 Å². The predicted molar refractivity (Wildman–Crippen MR) is 102 cm³/mol. The highest BCUT2D eigenvalue weighted by Gasteiger charge is 2.43. The molecule has 2 aliphatic rings. The first kappa shape index (κ1) is 19.0. The van der Waals surface area contributed by atoms with Gasteiger partial charge in [0.2, 0.25) is 0 Å². The summed E-state index contributed by atoms with van der Waals surface area (Å²) in [5, 5.41) is 4.11. The van der Waals surface area contributed by atoms with Crippen molar-refractivity contribution in [2.75, 3.05) is 13.1 Å². The van der Waals surface area contributed by atoms with Crippen LogP contribution in [0.3, 0.4) is 0 Å². The maximum Gasteiger partial charge on any atom is 0.266 e. The average molecular weight is 415 g/mol. The fourth-order valence-electron chi connectivity index (χ4n) is 4.27. The van der Waals surface area contributed by atoms with Crippen LogP contribution in [0, 0.1) is 12.7 Å². The molecule has 1 aromatic carbocycles. The van der Waals surface area contributed by atoms with Crippen molar-refractivity contribution in [2.24, 2.45) is 0 Å². The monoisotopic (exact) mass is 415 g/mol. The molecule has 6 nitrogen and oxygen atoms in total. The molecule has 1 saturated heterocycles. The number of hydrogen-bond donors (Lipinski definition) is 0. The van der Waals surface area contributed by atoms with Crippen molar-refractivity contribution in [1.82, 2.24) is 24.5 Å². The number of nitrogens with zero attached hydrogens (tertiary/aromatic N) is 5. The first-order valence-electron chi connectivity index (χ1n) is 9.94. The lowest BCUT2D eigenvalue weighted by molar-refractivity contribution is -0.0641. The van der Waals surface area contributed by atoms with Crippen molar-refractivity contribution in [3.8, 4) is 0 Å². The third-order valence-electron chi connectivity index (χ3n) is 5.78. The Hall–Kier alpha value is -2.97. The van der Waals surface area contributed by atoms with Crippen molar-refractivity contribution in [3.63, 3.8) is 0 Å². The van der Waals surface area contributed by atoms with Gasteiger partial charge >= 0.3 is 0 Å². The lowest BCUT2D eigenvalue weighted by Gasteiger charge is -2.37. The van der Waals surface area contributed by atoms with Crippen LogP contribution in [0.2, 0.25) is 0 Å². The van der Waals surface area contributed by atoms with Gasteiger partial charge in [0, 0.05) is 30.1 Å². The topological polar surface area (TPSA) is 63.4 Å². The second kappa shape index (κ2) is 6.78. The van der Waals surface area contributed by atoms with Crippen molar-refractivity contribution >= 4 is 11.7 Å². The van der Waals surface area contributed by atoms with Gasteiger partial charge in [0.25, 0.3) is 17.6 Å². The number of amides is 1. The highest BCUT2D eigenvalue weighted by atomic mass is 19.3. The summed E-state index contributed by atoms with van der Waals surface area (Å²) in [4.78, 5) is 22.5. The van der Waals surface area contributed by atoms with E-state index in [1.807, 2.05) is 0 Å². The summed E-state index contributed by atoms with van der Waals surface area (Å²) in [6.45, 7) is 1.21. The molecular weight excluding hydrogens is 395 g/mol. The molecule has 1 aliphatic carbocycles. The number of aromatic nitrogens is 4. The molecule has 9 heteroatoms. The molecule has 5 rings (SSSR count). The molecule has 0 bridgehead atoms. The molecule has 0 N–H and O–H groups in total. The molecule has 0 spiro atoms. The maximum absolute atomic E-state index is 14.7. The second-order valence-electron chi connectivity index (χ2n) is 8.25. The van der Waals surface area contributed by atoms with Crippen molar-refractivity contribution < 1.29 is 18.0 Å². The number of likely N-dealkylation sites (tertiary alicyclic amines) is 1. The van der Waals surface area contributed by atoms with Gasteiger partial charge in [0.1, 0.15) is 12.1 Å². The Morgan fingerprint density at radius 3 is 2.77 bits per heavy atom. The van der Waals surface area contributed by atoms with Crippen LogP contribution < -0.4 is 0 Å². The van der Waals surface area contributed by atoms with Crippen LogP contribution in [0.1, 0.15) is 58.4 Å². The smallest absolute Gasteiger partial charge is 0.266 e. The Balaban J connectivity index is 1.48. The van der Waals surface area contributed by atoms with Crippen molar-refractivity contribution in [3.05, 3.63) is 58.9 Å². The molecule has 1 unspecified atom stereocenters. The summed E-state index contributed by atoms with van der Waals surface area (Å²) >= 11 is 0. The number of carbonyl (C=O) groups is 1. The molecule has 30 heavy (non-hydrogen) atoms. The van der Waals surface area contributed by atoms with E-state index < -0.39 is 30.7 Å². The summed E-state index contributed by atoms with van der Waals surface area (Å²) in [7, 11) is 0. The Morgan fingerprint density at radius 2 is 2.00 bits per heavy atom. The normalized spacial score (nSPS) is 21.2. The number of alkyl halides is 2. The number of piperidine rings is 1. The number of aryl methyl sites for hydroxylation is 1. The first-order valence-corrected chi connectivity index (χ1v) is 9.94. The number of carbonyl (C=O) groups excluding carboxylic acids is 1. The van der Waals surface area contributed by atoms with Gasteiger partial charge in [-0.1, -0.05) is 0 Å². The molecule has 156 valence electrons. The minimum Gasteiger partial charge on any atom is -0.332 e. The van der Waals surface area contributed by atoms with Gasteiger partial charge in [-0.05, 0) is 55.5 Å². The third-order valence-corrected chi connectivity index (χ3v) is 5.78. The number of fused-ring (bicyclic) bond motifs is 1. The van der Waals surface area contributed by atoms with Gasteiger partial charge in [-0.25, -0.2) is 22.7 Å². The fraction of sp³-hybridized carbons (Fsp3) is 0.429. The highest BCUT2D eigenvalue weighted by molar-refractivity contribution is 5.94. The molecule has 3 aromatic rings. The number of benzene rings is 1. The summed E-state index contributed by atoms with van der Waals surface area (Å²) in [5.41, 5.74) is 1.93. The van der Waals surface area contributed by atoms with Gasteiger partial charge in [-0.2, -0.15) is 10.1 Å². The Morgan fingerprint density at radius 1 is 1.20 bits per heavy atom. The van der Waals surface area contributed by atoms with Crippen molar-refractivity contribution in [1.29, 1.82) is 0 Å². The SMILES string of the molecule is Cc1cc(C2CN(C(=O)c3ccc(F)c(C4CC4)c3)CC(F)(F)C2)n2ncnc2n1. The maximum atomic E-state index is 14.7. The Kier molecular flexibility index (Phi) is 4.30. The zero-order valence-corrected chi connectivity index (χ0v) is 16.4. The second-order valence-corrected chi connectivity index (χ2v) is 8.25. The van der Waals surface area contributed by atoms with Crippen molar-refractivity contribution in [2.45, 2.75) is 43.9 Å². The molecule has 1 saturated carbocycles. The van der Waals surface area contributed by atoms with E-state index in [0.717, 1.165) is 17.7 Å². The van der Waals surface area contributed by atoms with E-state index in [2.05, 4.69) is 15.1 Å². The van der Waals surface area contributed by atoms with E-state index >= 15 is 0 Å². The zero-order valence-electron chi connectivity index (χ0n) is 16.4. The van der Waals surface area contributed by atoms with Crippen LogP contribution in [-0.2, 0) is 0 Å². The standard InChI is InChI=1S/C21H20F3N5O/c1-12-6-18(29-20(27-12)25-11-26-29)15-8-21(23,24)10-28(9-15)19(30)14-4-5-17(22)16(7-14)13-2-3-13/h4-7,11,13,15H,2-3,8-10H2,1H3.